The van der Waals surface area contributed by atoms with Crippen molar-refractivity contribution in [3.05, 3.63) is 63.1 Å². The maximum absolute atomic E-state index is 13.3. The number of halogens is 2. The molecular weight excluding hydrogens is 447 g/mol. The maximum atomic E-state index is 13.3. The summed E-state index contributed by atoms with van der Waals surface area (Å²) in [7, 11) is 0. The van der Waals surface area contributed by atoms with E-state index in [4.69, 9.17) is 27.9 Å². The van der Waals surface area contributed by atoms with Crippen molar-refractivity contribution >= 4 is 35.0 Å². The largest absolute Gasteiger partial charge is 0.483 e. The Kier molecular flexibility index (Phi) is 10.3. The average Bonchev–Trinajstić information content (AvgIpc) is 2.75. The van der Waals surface area contributed by atoms with E-state index in [0.717, 1.165) is 24.0 Å². The van der Waals surface area contributed by atoms with Crippen LogP contribution in [0.5, 0.6) is 5.75 Å². The monoisotopic (exact) mass is 478 g/mol. The third-order valence-corrected chi connectivity index (χ3v) is 6.00. The van der Waals surface area contributed by atoms with E-state index in [0.29, 0.717) is 34.3 Å². The normalized spacial score (nSPS) is 11.7. The van der Waals surface area contributed by atoms with Crippen LogP contribution < -0.4 is 10.1 Å². The first-order valence-electron chi connectivity index (χ1n) is 11.0. The van der Waals surface area contributed by atoms with Gasteiger partial charge >= 0.3 is 0 Å². The first-order chi connectivity index (χ1) is 15.3. The molecule has 0 aliphatic carbocycles. The van der Waals surface area contributed by atoms with Crippen LogP contribution in [0.25, 0.3) is 0 Å². The molecule has 0 aliphatic heterocycles. The number of hydrogen-bond acceptors (Lipinski definition) is 3. The topological polar surface area (TPSA) is 58.6 Å². The zero-order valence-electron chi connectivity index (χ0n) is 19.2. The highest BCUT2D eigenvalue weighted by atomic mass is 35.5. The van der Waals surface area contributed by atoms with Crippen LogP contribution in [0.1, 0.15) is 49.8 Å². The third-order valence-electron chi connectivity index (χ3n) is 5.29. The molecule has 0 bridgehead atoms. The molecule has 0 aromatic heterocycles. The first-order valence-corrected chi connectivity index (χ1v) is 11.7. The molecule has 5 nitrogen and oxygen atoms in total. The Hall–Kier alpha value is -2.24. The minimum Gasteiger partial charge on any atom is -0.483 e. The van der Waals surface area contributed by atoms with Gasteiger partial charge in [-0.1, -0.05) is 67.2 Å². The van der Waals surface area contributed by atoms with Crippen LogP contribution in [0.15, 0.2) is 36.4 Å². The van der Waals surface area contributed by atoms with E-state index in [2.05, 4.69) is 12.2 Å². The lowest BCUT2D eigenvalue weighted by atomic mass is 10.1. The fourth-order valence-corrected chi connectivity index (χ4v) is 3.98. The molecule has 0 saturated heterocycles. The summed E-state index contributed by atoms with van der Waals surface area (Å²) in [6.45, 7) is 8.37. The fourth-order valence-electron chi connectivity index (χ4n) is 3.46. The van der Waals surface area contributed by atoms with Gasteiger partial charge < -0.3 is 15.0 Å². The number of unbranched alkanes of at least 4 members (excludes halogenated alkanes) is 1. The number of benzene rings is 2. The molecule has 7 heteroatoms. The van der Waals surface area contributed by atoms with Gasteiger partial charge in [-0.05, 0) is 50.5 Å². The Morgan fingerprint density at radius 2 is 1.78 bits per heavy atom. The second-order valence-electron chi connectivity index (χ2n) is 7.85. The number of ether oxygens (including phenoxy) is 1. The van der Waals surface area contributed by atoms with Crippen molar-refractivity contribution in [3.8, 4) is 5.75 Å². The van der Waals surface area contributed by atoms with E-state index in [1.807, 2.05) is 39.0 Å². The molecule has 0 saturated carbocycles. The number of amides is 2. The Morgan fingerprint density at radius 3 is 2.38 bits per heavy atom. The van der Waals surface area contributed by atoms with E-state index < -0.39 is 6.04 Å². The molecule has 2 aromatic carbocycles. The summed E-state index contributed by atoms with van der Waals surface area (Å²) in [6.07, 6.45) is 2.30. The van der Waals surface area contributed by atoms with Crippen molar-refractivity contribution in [2.24, 2.45) is 0 Å². The van der Waals surface area contributed by atoms with Crippen molar-refractivity contribution in [3.63, 3.8) is 0 Å². The Morgan fingerprint density at radius 1 is 1.09 bits per heavy atom. The minimum atomic E-state index is -0.658. The van der Waals surface area contributed by atoms with Crippen LogP contribution in [0.4, 0.5) is 0 Å². The van der Waals surface area contributed by atoms with Gasteiger partial charge in [0, 0.05) is 28.7 Å². The first kappa shape index (κ1) is 26.0. The second-order valence-corrected chi connectivity index (χ2v) is 8.66. The maximum Gasteiger partial charge on any atom is 0.261 e. The van der Waals surface area contributed by atoms with Crippen LogP contribution in [0, 0.1) is 13.8 Å². The van der Waals surface area contributed by atoms with Crippen LogP contribution in [0.3, 0.4) is 0 Å². The van der Waals surface area contributed by atoms with Crippen LogP contribution in [-0.4, -0.2) is 35.9 Å². The molecule has 0 unspecified atom stereocenters. The summed E-state index contributed by atoms with van der Waals surface area (Å²) < 4.78 is 5.82. The molecule has 0 heterocycles. The minimum absolute atomic E-state index is 0.118. The fraction of sp³-hybridized carbons (Fsp3) is 0.440. The number of nitrogens with one attached hydrogen (secondary N) is 1. The van der Waals surface area contributed by atoms with Gasteiger partial charge in [-0.15, -0.1) is 0 Å². The molecule has 1 atom stereocenters. The van der Waals surface area contributed by atoms with Gasteiger partial charge in [0.2, 0.25) is 5.91 Å². The van der Waals surface area contributed by atoms with Gasteiger partial charge in [-0.3, -0.25) is 9.59 Å². The van der Waals surface area contributed by atoms with E-state index in [9.17, 15) is 9.59 Å². The predicted octanol–water partition coefficient (Wildman–Crippen LogP) is 5.71. The molecular formula is C25H32Cl2N2O3. The van der Waals surface area contributed by atoms with Gasteiger partial charge in [0.1, 0.15) is 11.8 Å². The molecule has 32 heavy (non-hydrogen) atoms. The highest BCUT2D eigenvalue weighted by Gasteiger charge is 2.30. The van der Waals surface area contributed by atoms with Gasteiger partial charge in [0.05, 0.1) is 0 Å². The van der Waals surface area contributed by atoms with E-state index in [-0.39, 0.29) is 25.0 Å². The quantitative estimate of drug-likeness (QED) is 0.420. The summed E-state index contributed by atoms with van der Waals surface area (Å²) in [6, 6.07) is 10.3. The average molecular weight is 479 g/mol. The van der Waals surface area contributed by atoms with E-state index in [1.54, 1.807) is 18.2 Å². The highest BCUT2D eigenvalue weighted by molar-refractivity contribution is 6.36. The smallest absolute Gasteiger partial charge is 0.261 e. The van der Waals surface area contributed by atoms with Crippen LogP contribution >= 0.6 is 23.2 Å². The zero-order valence-corrected chi connectivity index (χ0v) is 20.7. The van der Waals surface area contributed by atoms with E-state index >= 15 is 0 Å². The highest BCUT2D eigenvalue weighted by Crippen LogP contribution is 2.27. The molecule has 174 valence electrons. The van der Waals surface area contributed by atoms with Gasteiger partial charge in [0.15, 0.2) is 6.61 Å². The lowest BCUT2D eigenvalue weighted by Crippen LogP contribution is -2.50. The van der Waals surface area contributed by atoms with E-state index in [1.165, 1.54) is 4.90 Å². The second kappa shape index (κ2) is 12.7. The number of carbonyl (C=O) groups excluding carboxylic acids is 2. The van der Waals surface area contributed by atoms with Gasteiger partial charge in [-0.2, -0.15) is 0 Å². The van der Waals surface area contributed by atoms with Gasteiger partial charge in [-0.25, -0.2) is 0 Å². The summed E-state index contributed by atoms with van der Waals surface area (Å²) in [5, 5.41) is 3.84. The number of carbonyl (C=O) groups is 2. The van der Waals surface area contributed by atoms with Crippen LogP contribution in [-0.2, 0) is 16.1 Å². The van der Waals surface area contributed by atoms with Crippen molar-refractivity contribution < 1.29 is 14.3 Å². The zero-order chi connectivity index (χ0) is 23.7. The summed E-state index contributed by atoms with van der Waals surface area (Å²) >= 11 is 12.7. The molecule has 0 radical (unpaired) electrons. The SMILES string of the molecule is CCCCNC(=O)[C@@H](CC)N(Cc1c(Cl)cccc1Cl)C(=O)COc1ccc(C)cc1C. The number of hydrogen-bond donors (Lipinski definition) is 1. The van der Waals surface area contributed by atoms with Crippen molar-refractivity contribution in [2.45, 2.75) is 59.5 Å². The van der Waals surface area contributed by atoms with Crippen molar-refractivity contribution in [1.82, 2.24) is 10.2 Å². The Bertz CT molecular complexity index is 913. The third kappa shape index (κ3) is 7.14. The van der Waals surface area contributed by atoms with Crippen molar-refractivity contribution in [2.75, 3.05) is 13.2 Å². The number of aryl methyl sites for hydroxylation is 2. The van der Waals surface area contributed by atoms with Crippen LogP contribution in [0.2, 0.25) is 10.0 Å². The number of nitrogens with zero attached hydrogens (tertiary/aromatic N) is 1. The number of rotatable bonds is 11. The van der Waals surface area contributed by atoms with Gasteiger partial charge in [0.25, 0.3) is 5.91 Å². The molecule has 2 rings (SSSR count). The summed E-state index contributed by atoms with van der Waals surface area (Å²) in [5.41, 5.74) is 2.67. The lowest BCUT2D eigenvalue weighted by molar-refractivity contribution is -0.143. The molecule has 1 N–H and O–H groups in total. The summed E-state index contributed by atoms with van der Waals surface area (Å²) in [4.78, 5) is 27.7. The standard InChI is InChI=1S/C25H32Cl2N2O3/c1-5-7-13-28-25(31)22(6-2)29(15-19-20(26)9-8-10-21(19)27)24(30)16-32-23-12-11-17(3)14-18(23)4/h8-12,14,22H,5-7,13,15-16H2,1-4H3,(H,28,31)/t22-/m1/s1. The van der Waals surface area contributed by atoms with Crippen molar-refractivity contribution in [1.29, 1.82) is 0 Å². The molecule has 2 aromatic rings. The summed E-state index contributed by atoms with van der Waals surface area (Å²) in [5.74, 6) is 0.141. The predicted molar refractivity (Wildman–Crippen MR) is 130 cm³/mol. The molecule has 0 fully saturated rings. The molecule has 2 amide bonds. The lowest BCUT2D eigenvalue weighted by Gasteiger charge is -2.31. The Balaban J connectivity index is 2.26. The Labute approximate surface area is 201 Å². The molecule has 0 spiro atoms. The molecule has 0 aliphatic rings.